The minimum Gasteiger partial charge on any atom is -0.376 e. The maximum atomic E-state index is 11.9. The molecule has 1 unspecified atom stereocenters. The van der Waals surface area contributed by atoms with E-state index in [0.29, 0.717) is 17.3 Å². The molecule has 0 saturated carbocycles. The van der Waals surface area contributed by atoms with E-state index in [9.17, 15) is 4.79 Å². The van der Waals surface area contributed by atoms with Crippen molar-refractivity contribution in [2.75, 3.05) is 5.32 Å². The van der Waals surface area contributed by atoms with Gasteiger partial charge < -0.3 is 5.32 Å². The van der Waals surface area contributed by atoms with Gasteiger partial charge in [0, 0.05) is 17.6 Å². The fourth-order valence-corrected chi connectivity index (χ4v) is 2.19. The van der Waals surface area contributed by atoms with Crippen molar-refractivity contribution in [3.63, 3.8) is 0 Å². The predicted octanol–water partition coefficient (Wildman–Crippen LogP) is 3.74. The van der Waals surface area contributed by atoms with Gasteiger partial charge in [-0.15, -0.1) is 0 Å². The zero-order valence-electron chi connectivity index (χ0n) is 11.2. The Morgan fingerprint density at radius 2 is 1.95 bits per heavy atom. The van der Waals surface area contributed by atoms with Crippen molar-refractivity contribution < 1.29 is 0 Å². The summed E-state index contributed by atoms with van der Waals surface area (Å²) in [4.78, 5) is 11.9. The van der Waals surface area contributed by atoms with Gasteiger partial charge in [0.2, 0.25) is 0 Å². The van der Waals surface area contributed by atoms with Crippen LogP contribution < -0.4 is 10.9 Å². The molecule has 2 aromatic rings. The quantitative estimate of drug-likeness (QED) is 0.935. The lowest BCUT2D eigenvalue weighted by atomic mass is 10.1. The molecule has 0 fully saturated rings. The molecule has 1 heterocycles. The lowest BCUT2D eigenvalue weighted by Gasteiger charge is -2.16. The molecule has 0 bridgehead atoms. The van der Waals surface area contributed by atoms with Gasteiger partial charge in [0.25, 0.3) is 5.56 Å². The molecule has 0 saturated heterocycles. The van der Waals surface area contributed by atoms with Crippen LogP contribution in [0.5, 0.6) is 0 Å². The van der Waals surface area contributed by atoms with E-state index in [-0.39, 0.29) is 16.6 Å². The third kappa shape index (κ3) is 3.14. The Kier molecular flexibility index (Phi) is 4.68. The topological polar surface area (TPSA) is 46.9 Å². The Hall–Kier alpha value is -1.52. The lowest BCUT2D eigenvalue weighted by Crippen LogP contribution is -2.23. The number of halogens is 2. The summed E-state index contributed by atoms with van der Waals surface area (Å²) in [7, 11) is 0. The highest BCUT2D eigenvalue weighted by molar-refractivity contribution is 6.33. The van der Waals surface area contributed by atoms with Gasteiger partial charge in [-0.25, -0.2) is 4.68 Å². The molecule has 0 radical (unpaired) electrons. The number of aromatic nitrogens is 2. The van der Waals surface area contributed by atoms with E-state index in [0.717, 1.165) is 5.56 Å². The molecule has 1 atom stereocenters. The molecule has 20 heavy (non-hydrogen) atoms. The van der Waals surface area contributed by atoms with Gasteiger partial charge in [0.05, 0.1) is 11.9 Å². The minimum absolute atomic E-state index is 0.0107. The number of anilines is 1. The first kappa shape index (κ1) is 14.9. The third-order valence-corrected chi connectivity index (χ3v) is 3.64. The van der Waals surface area contributed by atoms with Crippen molar-refractivity contribution in [2.45, 2.75) is 26.4 Å². The largest absolute Gasteiger partial charge is 0.376 e. The second-order valence-corrected chi connectivity index (χ2v) is 5.23. The smallest absolute Gasteiger partial charge is 0.287 e. The van der Waals surface area contributed by atoms with E-state index < -0.39 is 0 Å². The number of rotatable bonds is 4. The molecule has 1 aromatic heterocycles. The van der Waals surface area contributed by atoms with Crippen LogP contribution in [0.2, 0.25) is 10.0 Å². The summed E-state index contributed by atoms with van der Waals surface area (Å²) in [5, 5.41) is 8.08. The molecule has 6 heteroatoms. The first-order valence-corrected chi connectivity index (χ1v) is 7.06. The summed E-state index contributed by atoms with van der Waals surface area (Å²) >= 11 is 11.9. The Labute approximate surface area is 127 Å². The Bertz CT molecular complexity index is 652. The highest BCUT2D eigenvalue weighted by Gasteiger charge is 2.12. The van der Waals surface area contributed by atoms with Crippen LogP contribution in [0.3, 0.4) is 0 Å². The summed E-state index contributed by atoms with van der Waals surface area (Å²) in [6.45, 7) is 4.31. The zero-order chi connectivity index (χ0) is 14.7. The molecule has 1 aromatic carbocycles. The van der Waals surface area contributed by atoms with Gasteiger partial charge in [-0.1, -0.05) is 35.3 Å². The van der Waals surface area contributed by atoms with Gasteiger partial charge >= 0.3 is 0 Å². The average molecular weight is 312 g/mol. The molecular formula is C14H15Cl2N3O. The lowest BCUT2D eigenvalue weighted by molar-refractivity contribution is 0.615. The SMILES string of the molecule is CCn1ncc(NC(C)c2ccc(Cl)cc2)c(Cl)c1=O. The van der Waals surface area contributed by atoms with Crippen molar-refractivity contribution in [1.29, 1.82) is 0 Å². The number of benzene rings is 1. The molecule has 106 valence electrons. The van der Waals surface area contributed by atoms with Gasteiger partial charge in [0.15, 0.2) is 0 Å². The van der Waals surface area contributed by atoms with Crippen LogP contribution in [0.15, 0.2) is 35.3 Å². The Morgan fingerprint density at radius 3 is 2.55 bits per heavy atom. The van der Waals surface area contributed by atoms with Crippen LogP contribution in [0.1, 0.15) is 25.5 Å². The summed E-state index contributed by atoms with van der Waals surface area (Å²) < 4.78 is 1.32. The predicted molar refractivity (Wildman–Crippen MR) is 82.7 cm³/mol. The van der Waals surface area contributed by atoms with E-state index in [4.69, 9.17) is 23.2 Å². The average Bonchev–Trinajstić information content (AvgIpc) is 2.45. The monoisotopic (exact) mass is 311 g/mol. The molecule has 0 amide bonds. The second-order valence-electron chi connectivity index (χ2n) is 4.41. The van der Waals surface area contributed by atoms with E-state index in [1.54, 1.807) is 6.20 Å². The minimum atomic E-state index is -0.289. The maximum absolute atomic E-state index is 11.9. The van der Waals surface area contributed by atoms with E-state index in [2.05, 4.69) is 10.4 Å². The number of hydrogen-bond acceptors (Lipinski definition) is 3. The first-order valence-electron chi connectivity index (χ1n) is 6.30. The molecule has 0 aliphatic carbocycles. The molecule has 0 aliphatic rings. The molecule has 2 rings (SSSR count). The molecule has 1 N–H and O–H groups in total. The van der Waals surface area contributed by atoms with Gasteiger partial charge in [-0.3, -0.25) is 4.79 Å². The van der Waals surface area contributed by atoms with Gasteiger partial charge in [-0.05, 0) is 31.5 Å². The van der Waals surface area contributed by atoms with Crippen molar-refractivity contribution in [3.05, 3.63) is 56.4 Å². The molecule has 4 nitrogen and oxygen atoms in total. The number of hydrogen-bond donors (Lipinski definition) is 1. The normalized spacial score (nSPS) is 12.2. The Balaban J connectivity index is 2.24. The van der Waals surface area contributed by atoms with Crippen LogP contribution in [-0.2, 0) is 6.54 Å². The van der Waals surface area contributed by atoms with Gasteiger partial charge in [-0.2, -0.15) is 5.10 Å². The van der Waals surface area contributed by atoms with Crippen LogP contribution in [0.25, 0.3) is 0 Å². The van der Waals surface area contributed by atoms with Crippen molar-refractivity contribution in [3.8, 4) is 0 Å². The highest BCUT2D eigenvalue weighted by Crippen LogP contribution is 2.23. The number of nitrogens with one attached hydrogen (secondary N) is 1. The van der Waals surface area contributed by atoms with Gasteiger partial charge in [0.1, 0.15) is 5.02 Å². The van der Waals surface area contributed by atoms with Crippen molar-refractivity contribution in [2.24, 2.45) is 0 Å². The fraction of sp³-hybridized carbons (Fsp3) is 0.286. The van der Waals surface area contributed by atoms with Crippen LogP contribution in [0, 0.1) is 0 Å². The van der Waals surface area contributed by atoms with E-state index >= 15 is 0 Å². The van der Waals surface area contributed by atoms with Crippen LogP contribution in [0.4, 0.5) is 5.69 Å². The summed E-state index contributed by atoms with van der Waals surface area (Å²) in [6, 6.07) is 7.49. The highest BCUT2D eigenvalue weighted by atomic mass is 35.5. The third-order valence-electron chi connectivity index (χ3n) is 3.03. The maximum Gasteiger partial charge on any atom is 0.287 e. The summed E-state index contributed by atoms with van der Waals surface area (Å²) in [5.41, 5.74) is 1.29. The molecule has 0 spiro atoms. The van der Waals surface area contributed by atoms with Crippen molar-refractivity contribution >= 4 is 28.9 Å². The van der Waals surface area contributed by atoms with E-state index in [1.807, 2.05) is 38.1 Å². The molecular weight excluding hydrogens is 297 g/mol. The Morgan fingerprint density at radius 1 is 1.30 bits per heavy atom. The second kappa shape index (κ2) is 6.29. The summed E-state index contributed by atoms with van der Waals surface area (Å²) in [6.07, 6.45) is 1.57. The first-order chi connectivity index (χ1) is 9.52. The van der Waals surface area contributed by atoms with Crippen LogP contribution >= 0.6 is 23.2 Å². The van der Waals surface area contributed by atoms with E-state index in [1.165, 1.54) is 4.68 Å². The zero-order valence-corrected chi connectivity index (χ0v) is 12.7. The molecule has 0 aliphatic heterocycles. The van der Waals surface area contributed by atoms with Crippen LogP contribution in [-0.4, -0.2) is 9.78 Å². The number of aryl methyl sites for hydroxylation is 1. The fourth-order valence-electron chi connectivity index (χ4n) is 1.86. The standard InChI is InChI=1S/C14H15Cl2N3O/c1-3-19-14(20)13(16)12(8-17-19)18-9(2)10-4-6-11(15)7-5-10/h4-9,18H,3H2,1-2H3. The summed E-state index contributed by atoms with van der Waals surface area (Å²) in [5.74, 6) is 0. The number of nitrogens with zero attached hydrogens (tertiary/aromatic N) is 2. The van der Waals surface area contributed by atoms with Crippen molar-refractivity contribution in [1.82, 2.24) is 9.78 Å².